The molecule has 0 radical (unpaired) electrons. The Labute approximate surface area is 90.3 Å². The average molecular weight is 209 g/mol. The van der Waals surface area contributed by atoms with Gasteiger partial charge in [0.1, 0.15) is 0 Å². The minimum atomic E-state index is -0.222. The lowest BCUT2D eigenvalue weighted by atomic mass is 9.93. The molecule has 2 atom stereocenters. The highest BCUT2D eigenvalue weighted by atomic mass is 16.3. The first-order chi connectivity index (χ1) is 7.31. The van der Waals surface area contributed by atoms with E-state index >= 15 is 0 Å². The standard InChI is InChI=1S/C11H19N3O/c1-2-14-8-7-12-11(14)13-9-5-3-4-6-10(9)15/h7-10,15H,2-6H2,1H3,(H,12,13). The predicted octanol–water partition coefficient (Wildman–Crippen LogP) is 1.62. The highest BCUT2D eigenvalue weighted by molar-refractivity contribution is 5.28. The van der Waals surface area contributed by atoms with Gasteiger partial charge in [0.15, 0.2) is 0 Å². The number of hydrogen-bond acceptors (Lipinski definition) is 3. The third kappa shape index (κ3) is 2.31. The molecule has 1 saturated carbocycles. The zero-order chi connectivity index (χ0) is 10.7. The van der Waals surface area contributed by atoms with Crippen molar-refractivity contribution in [2.24, 2.45) is 0 Å². The third-order valence-corrected chi connectivity index (χ3v) is 3.10. The van der Waals surface area contributed by atoms with E-state index < -0.39 is 0 Å². The molecule has 0 amide bonds. The molecule has 2 rings (SSSR count). The number of rotatable bonds is 3. The zero-order valence-corrected chi connectivity index (χ0v) is 9.19. The van der Waals surface area contributed by atoms with Gasteiger partial charge in [-0.3, -0.25) is 0 Å². The molecule has 0 aliphatic heterocycles. The molecule has 4 heteroatoms. The number of aliphatic hydroxyl groups excluding tert-OH is 1. The van der Waals surface area contributed by atoms with Crippen LogP contribution in [-0.2, 0) is 6.54 Å². The second kappa shape index (κ2) is 4.66. The summed E-state index contributed by atoms with van der Waals surface area (Å²) in [7, 11) is 0. The first-order valence-corrected chi connectivity index (χ1v) is 5.77. The van der Waals surface area contributed by atoms with Crippen LogP contribution in [0.3, 0.4) is 0 Å². The topological polar surface area (TPSA) is 50.1 Å². The summed E-state index contributed by atoms with van der Waals surface area (Å²) >= 11 is 0. The molecular formula is C11H19N3O. The minimum Gasteiger partial charge on any atom is -0.391 e. The Morgan fingerprint density at radius 1 is 1.53 bits per heavy atom. The van der Waals surface area contributed by atoms with Gasteiger partial charge in [-0.1, -0.05) is 12.8 Å². The summed E-state index contributed by atoms with van der Waals surface area (Å²) in [5, 5.41) is 13.2. The van der Waals surface area contributed by atoms with E-state index in [1.807, 2.05) is 6.20 Å². The molecule has 2 unspecified atom stereocenters. The van der Waals surface area contributed by atoms with Gasteiger partial charge in [-0.05, 0) is 19.8 Å². The molecule has 84 valence electrons. The van der Waals surface area contributed by atoms with Crippen LogP contribution >= 0.6 is 0 Å². The highest BCUT2D eigenvalue weighted by Gasteiger charge is 2.23. The van der Waals surface area contributed by atoms with Crippen molar-refractivity contribution in [2.45, 2.75) is 51.3 Å². The van der Waals surface area contributed by atoms with Gasteiger partial charge in [0.2, 0.25) is 5.95 Å². The number of imidazole rings is 1. The van der Waals surface area contributed by atoms with Gasteiger partial charge >= 0.3 is 0 Å². The van der Waals surface area contributed by atoms with Crippen molar-refractivity contribution >= 4 is 5.95 Å². The number of aliphatic hydroxyl groups is 1. The summed E-state index contributed by atoms with van der Waals surface area (Å²) in [5.41, 5.74) is 0. The van der Waals surface area contributed by atoms with Crippen molar-refractivity contribution in [3.05, 3.63) is 12.4 Å². The number of aryl methyl sites for hydroxylation is 1. The number of nitrogens with one attached hydrogen (secondary N) is 1. The summed E-state index contributed by atoms with van der Waals surface area (Å²) in [4.78, 5) is 4.26. The molecule has 1 aliphatic rings. The van der Waals surface area contributed by atoms with Crippen molar-refractivity contribution in [3.63, 3.8) is 0 Å². The quantitative estimate of drug-likeness (QED) is 0.795. The van der Waals surface area contributed by atoms with Crippen molar-refractivity contribution in [1.29, 1.82) is 0 Å². The maximum atomic E-state index is 9.83. The molecule has 1 aromatic rings. The fraction of sp³-hybridized carbons (Fsp3) is 0.727. The van der Waals surface area contributed by atoms with Crippen LogP contribution in [0.4, 0.5) is 5.95 Å². The summed E-state index contributed by atoms with van der Waals surface area (Å²) in [6.45, 7) is 3.00. The lowest BCUT2D eigenvalue weighted by Crippen LogP contribution is -2.37. The molecule has 4 nitrogen and oxygen atoms in total. The molecule has 0 saturated heterocycles. The molecule has 1 heterocycles. The SMILES string of the molecule is CCn1ccnc1NC1CCCCC1O. The Bertz CT molecular complexity index is 311. The summed E-state index contributed by atoms with van der Waals surface area (Å²) in [6.07, 6.45) is 7.81. The van der Waals surface area contributed by atoms with Crippen LogP contribution in [0.5, 0.6) is 0 Å². The molecule has 2 N–H and O–H groups in total. The van der Waals surface area contributed by atoms with E-state index in [0.717, 1.165) is 31.8 Å². The van der Waals surface area contributed by atoms with Crippen molar-refractivity contribution in [2.75, 3.05) is 5.32 Å². The number of aromatic nitrogens is 2. The summed E-state index contributed by atoms with van der Waals surface area (Å²) < 4.78 is 2.06. The normalized spacial score (nSPS) is 26.5. The van der Waals surface area contributed by atoms with E-state index in [1.165, 1.54) is 6.42 Å². The molecular weight excluding hydrogens is 190 g/mol. The van der Waals surface area contributed by atoms with Gasteiger partial charge in [0.05, 0.1) is 12.1 Å². The second-order valence-corrected chi connectivity index (χ2v) is 4.14. The molecule has 15 heavy (non-hydrogen) atoms. The average Bonchev–Trinajstić information content (AvgIpc) is 2.69. The van der Waals surface area contributed by atoms with E-state index in [1.54, 1.807) is 6.20 Å². The second-order valence-electron chi connectivity index (χ2n) is 4.14. The molecule has 0 spiro atoms. The first kappa shape index (κ1) is 10.5. The van der Waals surface area contributed by atoms with E-state index in [0.29, 0.717) is 0 Å². The van der Waals surface area contributed by atoms with Crippen molar-refractivity contribution < 1.29 is 5.11 Å². The lowest BCUT2D eigenvalue weighted by molar-refractivity contribution is 0.116. The fourth-order valence-electron chi connectivity index (χ4n) is 2.15. The Morgan fingerprint density at radius 2 is 2.33 bits per heavy atom. The van der Waals surface area contributed by atoms with E-state index in [4.69, 9.17) is 0 Å². The largest absolute Gasteiger partial charge is 0.391 e. The van der Waals surface area contributed by atoms with Gasteiger partial charge in [-0.25, -0.2) is 4.98 Å². The van der Waals surface area contributed by atoms with Gasteiger partial charge in [0, 0.05) is 18.9 Å². The Balaban J connectivity index is 2.01. The maximum Gasteiger partial charge on any atom is 0.203 e. The van der Waals surface area contributed by atoms with E-state index in [9.17, 15) is 5.11 Å². The smallest absolute Gasteiger partial charge is 0.203 e. The Hall–Kier alpha value is -1.03. The number of anilines is 1. The minimum absolute atomic E-state index is 0.173. The molecule has 0 bridgehead atoms. The van der Waals surface area contributed by atoms with Crippen molar-refractivity contribution in [3.8, 4) is 0 Å². The Kier molecular flexibility index (Phi) is 3.26. The van der Waals surface area contributed by atoms with Crippen LogP contribution in [0.15, 0.2) is 12.4 Å². The Morgan fingerprint density at radius 3 is 3.07 bits per heavy atom. The van der Waals surface area contributed by atoms with Gasteiger partial charge in [0.25, 0.3) is 0 Å². The van der Waals surface area contributed by atoms with Crippen LogP contribution in [0, 0.1) is 0 Å². The van der Waals surface area contributed by atoms with Gasteiger partial charge in [-0.15, -0.1) is 0 Å². The lowest BCUT2D eigenvalue weighted by Gasteiger charge is -2.28. The molecule has 1 fully saturated rings. The molecule has 1 aromatic heterocycles. The monoisotopic (exact) mass is 209 g/mol. The van der Waals surface area contributed by atoms with Gasteiger partial charge < -0.3 is 15.0 Å². The molecule has 0 aromatic carbocycles. The predicted molar refractivity (Wildman–Crippen MR) is 59.8 cm³/mol. The highest BCUT2D eigenvalue weighted by Crippen LogP contribution is 2.21. The summed E-state index contributed by atoms with van der Waals surface area (Å²) in [6, 6.07) is 0.173. The van der Waals surface area contributed by atoms with Gasteiger partial charge in [-0.2, -0.15) is 0 Å². The fourth-order valence-corrected chi connectivity index (χ4v) is 2.15. The number of nitrogens with zero attached hydrogens (tertiary/aromatic N) is 2. The van der Waals surface area contributed by atoms with Crippen molar-refractivity contribution in [1.82, 2.24) is 9.55 Å². The van der Waals surface area contributed by atoms with E-state index in [-0.39, 0.29) is 12.1 Å². The summed E-state index contributed by atoms with van der Waals surface area (Å²) in [5.74, 6) is 0.878. The third-order valence-electron chi connectivity index (χ3n) is 3.10. The van der Waals surface area contributed by atoms with Crippen LogP contribution in [-0.4, -0.2) is 26.8 Å². The van der Waals surface area contributed by atoms with E-state index in [2.05, 4.69) is 21.8 Å². The van der Waals surface area contributed by atoms with Crippen LogP contribution in [0.1, 0.15) is 32.6 Å². The number of hydrogen-bond donors (Lipinski definition) is 2. The molecule has 1 aliphatic carbocycles. The maximum absolute atomic E-state index is 9.83. The van der Waals surface area contributed by atoms with Crippen LogP contribution < -0.4 is 5.32 Å². The van der Waals surface area contributed by atoms with Crippen LogP contribution in [0.25, 0.3) is 0 Å². The van der Waals surface area contributed by atoms with Crippen LogP contribution in [0.2, 0.25) is 0 Å². The first-order valence-electron chi connectivity index (χ1n) is 5.77. The zero-order valence-electron chi connectivity index (χ0n) is 9.19.